The molecule has 0 spiro atoms. The highest BCUT2D eigenvalue weighted by molar-refractivity contribution is 5.84. The molecule has 0 amide bonds. The molecular weight excluding hydrogens is 348 g/mol. The van der Waals surface area contributed by atoms with E-state index in [1.165, 1.54) is 32.9 Å². The van der Waals surface area contributed by atoms with E-state index in [-0.39, 0.29) is 6.10 Å². The molecule has 1 fully saturated rings. The van der Waals surface area contributed by atoms with Crippen molar-refractivity contribution in [2.24, 2.45) is 0 Å². The number of hydrogen-bond acceptors (Lipinski definition) is 3. The molecule has 0 bridgehead atoms. The van der Waals surface area contributed by atoms with Gasteiger partial charge in [-0.2, -0.15) is 0 Å². The number of aromatic amines is 1. The Morgan fingerprint density at radius 3 is 2.75 bits per heavy atom. The van der Waals surface area contributed by atoms with E-state index in [0.717, 1.165) is 32.0 Å². The molecule has 1 aliphatic heterocycles. The summed E-state index contributed by atoms with van der Waals surface area (Å²) in [5.41, 5.74) is 3.69. The van der Waals surface area contributed by atoms with Gasteiger partial charge in [0.15, 0.2) is 0 Å². The van der Waals surface area contributed by atoms with E-state index in [1.54, 1.807) is 7.11 Å². The van der Waals surface area contributed by atoms with Crippen molar-refractivity contribution in [1.29, 1.82) is 0 Å². The molecule has 2 heterocycles. The Labute approximate surface area is 164 Å². The Kier molecular flexibility index (Phi) is 4.51. The fraction of sp³-hybridized carbons (Fsp3) is 0.250. The van der Waals surface area contributed by atoms with Crippen LogP contribution in [0.1, 0.15) is 17.4 Å². The van der Waals surface area contributed by atoms with Crippen molar-refractivity contribution in [3.05, 3.63) is 78.0 Å². The first-order valence-electron chi connectivity index (χ1n) is 9.77. The Bertz CT molecular complexity index is 1080. The molecule has 1 aliphatic rings. The van der Waals surface area contributed by atoms with Gasteiger partial charge in [-0.05, 0) is 52.1 Å². The van der Waals surface area contributed by atoms with Crippen LogP contribution in [0, 0.1) is 0 Å². The SMILES string of the molecule is COc1ccc2cc(C3CN(Cc4cc5ccccc5[nH]4)CCO3)ccc2c1. The molecule has 1 atom stereocenters. The molecule has 1 N–H and O–H groups in total. The van der Waals surface area contributed by atoms with Gasteiger partial charge < -0.3 is 14.5 Å². The molecule has 4 heteroatoms. The summed E-state index contributed by atoms with van der Waals surface area (Å²) in [5, 5.41) is 3.68. The standard InChI is InChI=1S/C24H24N2O2/c1-27-22-9-8-17-12-20(7-6-18(17)14-22)24-16-26(10-11-28-24)15-21-13-19-4-2-3-5-23(19)25-21/h2-9,12-14,24-25H,10-11,15-16H2,1H3. The van der Waals surface area contributed by atoms with Crippen molar-refractivity contribution in [2.75, 3.05) is 26.8 Å². The summed E-state index contributed by atoms with van der Waals surface area (Å²) >= 11 is 0. The van der Waals surface area contributed by atoms with Gasteiger partial charge in [-0.15, -0.1) is 0 Å². The van der Waals surface area contributed by atoms with Gasteiger partial charge in [0.2, 0.25) is 0 Å². The molecule has 1 saturated heterocycles. The molecule has 3 aromatic carbocycles. The van der Waals surface area contributed by atoms with Gasteiger partial charge in [-0.1, -0.05) is 36.4 Å². The first kappa shape index (κ1) is 17.3. The van der Waals surface area contributed by atoms with Crippen molar-refractivity contribution in [3.8, 4) is 5.75 Å². The molecule has 0 saturated carbocycles. The molecule has 1 unspecified atom stereocenters. The Balaban J connectivity index is 1.34. The van der Waals surface area contributed by atoms with Crippen molar-refractivity contribution < 1.29 is 9.47 Å². The number of ether oxygens (including phenoxy) is 2. The van der Waals surface area contributed by atoms with Gasteiger partial charge in [0.05, 0.1) is 19.8 Å². The Morgan fingerprint density at radius 2 is 1.86 bits per heavy atom. The summed E-state index contributed by atoms with van der Waals surface area (Å²) in [6.45, 7) is 3.53. The van der Waals surface area contributed by atoms with Crippen LogP contribution in [0.15, 0.2) is 66.7 Å². The van der Waals surface area contributed by atoms with Gasteiger partial charge in [0, 0.05) is 30.8 Å². The summed E-state index contributed by atoms with van der Waals surface area (Å²) < 4.78 is 11.4. The monoisotopic (exact) mass is 372 g/mol. The Morgan fingerprint density at radius 1 is 1.00 bits per heavy atom. The third-order valence-electron chi connectivity index (χ3n) is 5.57. The number of hydrogen-bond donors (Lipinski definition) is 1. The van der Waals surface area contributed by atoms with Crippen molar-refractivity contribution in [1.82, 2.24) is 9.88 Å². The average Bonchev–Trinajstić information content (AvgIpc) is 3.15. The number of nitrogens with one attached hydrogen (secondary N) is 1. The van der Waals surface area contributed by atoms with Crippen LogP contribution in [-0.4, -0.2) is 36.7 Å². The zero-order valence-corrected chi connectivity index (χ0v) is 16.0. The van der Waals surface area contributed by atoms with E-state index < -0.39 is 0 Å². The van der Waals surface area contributed by atoms with Crippen LogP contribution in [-0.2, 0) is 11.3 Å². The number of benzene rings is 3. The second-order valence-electron chi connectivity index (χ2n) is 7.45. The van der Waals surface area contributed by atoms with Crippen LogP contribution in [0.5, 0.6) is 5.75 Å². The fourth-order valence-corrected chi connectivity index (χ4v) is 4.08. The zero-order chi connectivity index (χ0) is 18.9. The molecule has 142 valence electrons. The van der Waals surface area contributed by atoms with E-state index in [4.69, 9.17) is 9.47 Å². The number of aromatic nitrogens is 1. The van der Waals surface area contributed by atoms with Gasteiger partial charge in [0.25, 0.3) is 0 Å². The average molecular weight is 372 g/mol. The maximum absolute atomic E-state index is 6.11. The zero-order valence-electron chi connectivity index (χ0n) is 16.0. The second-order valence-corrected chi connectivity index (χ2v) is 7.45. The molecule has 28 heavy (non-hydrogen) atoms. The maximum Gasteiger partial charge on any atom is 0.119 e. The maximum atomic E-state index is 6.11. The summed E-state index contributed by atoms with van der Waals surface area (Å²) in [6, 6.07) is 23.5. The van der Waals surface area contributed by atoms with Crippen LogP contribution in [0.2, 0.25) is 0 Å². The smallest absolute Gasteiger partial charge is 0.119 e. The van der Waals surface area contributed by atoms with E-state index in [9.17, 15) is 0 Å². The number of fused-ring (bicyclic) bond motifs is 2. The van der Waals surface area contributed by atoms with Gasteiger partial charge in [0.1, 0.15) is 5.75 Å². The number of nitrogens with zero attached hydrogens (tertiary/aromatic N) is 1. The van der Waals surface area contributed by atoms with Crippen LogP contribution in [0.4, 0.5) is 0 Å². The number of H-pyrrole nitrogens is 1. The first-order chi connectivity index (χ1) is 13.8. The van der Waals surface area contributed by atoms with Gasteiger partial charge >= 0.3 is 0 Å². The lowest BCUT2D eigenvalue weighted by molar-refractivity contribution is -0.0331. The predicted octanol–water partition coefficient (Wildman–Crippen LogP) is 4.90. The van der Waals surface area contributed by atoms with Gasteiger partial charge in [-0.25, -0.2) is 0 Å². The van der Waals surface area contributed by atoms with Gasteiger partial charge in [-0.3, -0.25) is 4.90 Å². The van der Waals surface area contributed by atoms with Crippen molar-refractivity contribution in [3.63, 3.8) is 0 Å². The number of para-hydroxylation sites is 1. The summed E-state index contributed by atoms with van der Waals surface area (Å²) in [5.74, 6) is 0.888. The largest absolute Gasteiger partial charge is 0.497 e. The molecule has 4 nitrogen and oxygen atoms in total. The molecule has 0 radical (unpaired) electrons. The molecule has 5 rings (SSSR count). The van der Waals surface area contributed by atoms with Crippen LogP contribution >= 0.6 is 0 Å². The molecule has 1 aromatic heterocycles. The minimum atomic E-state index is 0.102. The third-order valence-corrected chi connectivity index (χ3v) is 5.57. The fourth-order valence-electron chi connectivity index (χ4n) is 4.08. The van der Waals surface area contributed by atoms with Crippen LogP contribution in [0.25, 0.3) is 21.7 Å². The second kappa shape index (κ2) is 7.30. The normalized spacial score (nSPS) is 18.0. The summed E-state index contributed by atoms with van der Waals surface area (Å²) in [6.07, 6.45) is 0.102. The lowest BCUT2D eigenvalue weighted by atomic mass is 10.0. The van der Waals surface area contributed by atoms with E-state index >= 15 is 0 Å². The lowest BCUT2D eigenvalue weighted by Gasteiger charge is -2.33. The Hall–Kier alpha value is -2.82. The van der Waals surface area contributed by atoms with Crippen molar-refractivity contribution in [2.45, 2.75) is 12.6 Å². The first-order valence-corrected chi connectivity index (χ1v) is 9.77. The molecule has 4 aromatic rings. The third kappa shape index (κ3) is 3.37. The van der Waals surface area contributed by atoms with Crippen LogP contribution in [0.3, 0.4) is 0 Å². The molecule has 0 aliphatic carbocycles. The quantitative estimate of drug-likeness (QED) is 0.553. The summed E-state index contributed by atoms with van der Waals surface area (Å²) in [4.78, 5) is 6.01. The van der Waals surface area contributed by atoms with E-state index in [0.29, 0.717) is 0 Å². The number of methoxy groups -OCH3 is 1. The topological polar surface area (TPSA) is 37.5 Å². The van der Waals surface area contributed by atoms with E-state index in [1.807, 2.05) is 6.07 Å². The molecular formula is C24H24N2O2. The lowest BCUT2D eigenvalue weighted by Crippen LogP contribution is -2.37. The summed E-state index contributed by atoms with van der Waals surface area (Å²) in [7, 11) is 1.70. The minimum absolute atomic E-state index is 0.102. The van der Waals surface area contributed by atoms with E-state index in [2.05, 4.69) is 70.5 Å². The highest BCUT2D eigenvalue weighted by Crippen LogP contribution is 2.28. The predicted molar refractivity (Wildman–Crippen MR) is 113 cm³/mol. The van der Waals surface area contributed by atoms with Crippen molar-refractivity contribution >= 4 is 21.7 Å². The highest BCUT2D eigenvalue weighted by atomic mass is 16.5. The van der Waals surface area contributed by atoms with Crippen LogP contribution < -0.4 is 4.74 Å². The number of morpholine rings is 1. The minimum Gasteiger partial charge on any atom is -0.497 e. The highest BCUT2D eigenvalue weighted by Gasteiger charge is 2.22. The number of rotatable bonds is 4.